The zero-order chi connectivity index (χ0) is 18.8. The molecule has 0 saturated carbocycles. The predicted octanol–water partition coefficient (Wildman–Crippen LogP) is 2.82. The number of hydrogen-bond donors (Lipinski definition) is 2. The Hall–Kier alpha value is -2.70. The molecule has 4 rings (SSSR count). The summed E-state index contributed by atoms with van der Waals surface area (Å²) in [7, 11) is 0. The van der Waals surface area contributed by atoms with E-state index >= 15 is 0 Å². The average molecular weight is 366 g/mol. The third-order valence-corrected chi connectivity index (χ3v) is 5.49. The molecule has 0 fully saturated rings. The minimum Gasteiger partial charge on any atom is -0.382 e. The molecule has 0 aromatic carbocycles. The summed E-state index contributed by atoms with van der Waals surface area (Å²) in [5, 5.41) is 3.10. The Morgan fingerprint density at radius 3 is 3.00 bits per heavy atom. The number of nitrogens with two attached hydrogens (primary N) is 1. The quantitative estimate of drug-likeness (QED) is 0.690. The number of nitrogen functional groups attached to an aromatic ring is 1. The highest BCUT2D eigenvalue weighted by Crippen LogP contribution is 2.28. The van der Waals surface area contributed by atoms with Gasteiger partial charge in [0.05, 0.1) is 5.52 Å². The van der Waals surface area contributed by atoms with Crippen molar-refractivity contribution in [2.24, 2.45) is 5.92 Å². The Kier molecular flexibility index (Phi) is 4.92. The number of aryl methyl sites for hydroxylation is 1. The maximum Gasteiger partial charge on any atom is 0.223 e. The van der Waals surface area contributed by atoms with Crippen LogP contribution in [0.5, 0.6) is 0 Å². The van der Waals surface area contributed by atoms with Crippen molar-refractivity contribution >= 4 is 33.8 Å². The molecule has 0 spiro atoms. The van der Waals surface area contributed by atoms with Gasteiger partial charge in [0.15, 0.2) is 5.82 Å². The van der Waals surface area contributed by atoms with Crippen molar-refractivity contribution in [1.82, 2.24) is 24.8 Å². The minimum absolute atomic E-state index is 0.116. The third-order valence-electron chi connectivity index (χ3n) is 5.49. The molecule has 1 amide bonds. The molecule has 1 atom stereocenters. The molecule has 1 aliphatic rings. The first-order valence-corrected chi connectivity index (χ1v) is 9.86. The lowest BCUT2D eigenvalue weighted by Gasteiger charge is -2.17. The topological polar surface area (TPSA) is 98.7 Å². The molecule has 4 heterocycles. The van der Waals surface area contributed by atoms with Gasteiger partial charge in [-0.3, -0.25) is 9.78 Å². The van der Waals surface area contributed by atoms with E-state index in [2.05, 4.69) is 26.8 Å². The number of imidazole rings is 1. The van der Waals surface area contributed by atoms with Gasteiger partial charge in [0, 0.05) is 31.6 Å². The number of hydrogen-bond acceptors (Lipinski definition) is 5. The van der Waals surface area contributed by atoms with Crippen molar-refractivity contribution in [1.29, 1.82) is 0 Å². The summed E-state index contributed by atoms with van der Waals surface area (Å²) in [6, 6.07) is 3.78. The number of carbonyl (C=O) groups excluding carboxylic acids is 1. The number of nitrogens with zero attached hydrogens (tertiary/aromatic N) is 4. The van der Waals surface area contributed by atoms with E-state index in [1.165, 1.54) is 0 Å². The molecule has 3 aromatic rings. The fourth-order valence-corrected chi connectivity index (χ4v) is 4.01. The summed E-state index contributed by atoms with van der Waals surface area (Å²) in [4.78, 5) is 26.3. The molecule has 7 nitrogen and oxygen atoms in total. The van der Waals surface area contributed by atoms with Gasteiger partial charge >= 0.3 is 0 Å². The molecule has 1 aliphatic heterocycles. The highest BCUT2D eigenvalue weighted by atomic mass is 16.1. The van der Waals surface area contributed by atoms with Gasteiger partial charge in [-0.15, -0.1) is 0 Å². The summed E-state index contributed by atoms with van der Waals surface area (Å²) in [5.74, 6) is 1.71. The first-order chi connectivity index (χ1) is 13.2. The van der Waals surface area contributed by atoms with E-state index < -0.39 is 0 Å². The van der Waals surface area contributed by atoms with Crippen LogP contribution < -0.4 is 11.1 Å². The summed E-state index contributed by atoms with van der Waals surface area (Å²) >= 11 is 0. The summed E-state index contributed by atoms with van der Waals surface area (Å²) in [6.07, 6.45) is 7.74. The van der Waals surface area contributed by atoms with Gasteiger partial charge in [-0.25, -0.2) is 9.97 Å². The molecular weight excluding hydrogens is 340 g/mol. The van der Waals surface area contributed by atoms with E-state index in [9.17, 15) is 4.79 Å². The van der Waals surface area contributed by atoms with E-state index in [0.29, 0.717) is 24.4 Å². The molecule has 0 aliphatic carbocycles. The van der Waals surface area contributed by atoms with Crippen LogP contribution in [0.3, 0.4) is 0 Å². The number of anilines is 1. The molecule has 0 bridgehead atoms. The van der Waals surface area contributed by atoms with Crippen LogP contribution in [0.2, 0.25) is 0 Å². The van der Waals surface area contributed by atoms with Gasteiger partial charge < -0.3 is 15.6 Å². The zero-order valence-electron chi connectivity index (χ0n) is 15.7. The van der Waals surface area contributed by atoms with Gasteiger partial charge in [0.1, 0.15) is 22.4 Å². The Bertz CT molecular complexity index is 979. The third kappa shape index (κ3) is 3.34. The van der Waals surface area contributed by atoms with Crippen LogP contribution >= 0.6 is 0 Å². The maximum absolute atomic E-state index is 12.5. The van der Waals surface area contributed by atoms with Crippen molar-refractivity contribution in [3.63, 3.8) is 0 Å². The monoisotopic (exact) mass is 366 g/mol. The van der Waals surface area contributed by atoms with Crippen LogP contribution in [0.4, 0.5) is 5.82 Å². The van der Waals surface area contributed by atoms with Gasteiger partial charge in [-0.1, -0.05) is 19.8 Å². The number of amides is 1. The first-order valence-electron chi connectivity index (χ1n) is 9.86. The summed E-state index contributed by atoms with van der Waals surface area (Å²) < 4.78 is 2.17. The van der Waals surface area contributed by atoms with Crippen molar-refractivity contribution in [3.05, 3.63) is 24.2 Å². The average Bonchev–Trinajstić information content (AvgIpc) is 3.03. The molecule has 1 unspecified atom stereocenters. The Balaban J connectivity index is 1.78. The SMILES string of the molecule is CCC1CCCCCc2nc3c(N)nc4cccnc4c3n2CCNC1=O. The molecule has 0 radical (unpaired) electrons. The Morgan fingerprint density at radius 1 is 1.26 bits per heavy atom. The number of carbonyl (C=O) groups is 1. The van der Waals surface area contributed by atoms with Crippen molar-refractivity contribution < 1.29 is 4.79 Å². The second-order valence-corrected chi connectivity index (χ2v) is 7.24. The molecular formula is C20H26N6O. The lowest BCUT2D eigenvalue weighted by atomic mass is 9.97. The molecule has 3 aromatic heterocycles. The molecule has 7 heteroatoms. The van der Waals surface area contributed by atoms with E-state index in [-0.39, 0.29) is 11.8 Å². The molecule has 3 N–H and O–H groups in total. The lowest BCUT2D eigenvalue weighted by molar-refractivity contribution is -0.125. The van der Waals surface area contributed by atoms with E-state index in [4.69, 9.17) is 10.7 Å². The normalized spacial score (nSPS) is 19.3. The number of fused-ring (bicyclic) bond motifs is 5. The summed E-state index contributed by atoms with van der Waals surface area (Å²) in [6.45, 7) is 3.32. The lowest BCUT2D eigenvalue weighted by Crippen LogP contribution is -2.33. The van der Waals surface area contributed by atoms with Gasteiger partial charge in [0.2, 0.25) is 5.91 Å². The maximum atomic E-state index is 12.5. The van der Waals surface area contributed by atoms with Crippen LogP contribution in [0, 0.1) is 5.92 Å². The van der Waals surface area contributed by atoms with Crippen LogP contribution in [0.15, 0.2) is 18.3 Å². The van der Waals surface area contributed by atoms with E-state index in [1.54, 1.807) is 6.20 Å². The van der Waals surface area contributed by atoms with Crippen molar-refractivity contribution in [3.8, 4) is 0 Å². The van der Waals surface area contributed by atoms with Crippen molar-refractivity contribution in [2.45, 2.75) is 52.0 Å². The first kappa shape index (κ1) is 17.7. The van der Waals surface area contributed by atoms with Gasteiger partial charge in [-0.05, 0) is 31.4 Å². The van der Waals surface area contributed by atoms with Crippen LogP contribution in [0.25, 0.3) is 22.1 Å². The Morgan fingerprint density at radius 2 is 2.15 bits per heavy atom. The number of nitrogens with one attached hydrogen (secondary N) is 1. The number of rotatable bonds is 1. The zero-order valence-corrected chi connectivity index (χ0v) is 15.7. The summed E-state index contributed by atoms with van der Waals surface area (Å²) in [5.41, 5.74) is 9.41. The fourth-order valence-electron chi connectivity index (χ4n) is 4.01. The highest BCUT2D eigenvalue weighted by molar-refractivity contribution is 6.04. The number of pyridine rings is 2. The largest absolute Gasteiger partial charge is 0.382 e. The van der Waals surface area contributed by atoms with Crippen molar-refractivity contribution in [2.75, 3.05) is 12.3 Å². The van der Waals surface area contributed by atoms with Gasteiger partial charge in [0.25, 0.3) is 0 Å². The Labute approximate surface area is 158 Å². The number of aromatic nitrogens is 4. The second-order valence-electron chi connectivity index (χ2n) is 7.24. The highest BCUT2D eigenvalue weighted by Gasteiger charge is 2.20. The standard InChI is InChI=1S/C20H26N6O/c1-2-13-7-4-3-5-9-15-25-17-18(26(15)12-11-23-20(13)27)16-14(24-19(17)21)8-6-10-22-16/h6,8,10,13H,2-5,7,9,11-12H2,1H3,(H2,21,24)(H,23,27). The van der Waals surface area contributed by atoms with Crippen LogP contribution in [-0.2, 0) is 17.8 Å². The van der Waals surface area contributed by atoms with Crippen LogP contribution in [0.1, 0.15) is 44.9 Å². The second kappa shape index (κ2) is 7.50. The molecule has 142 valence electrons. The smallest absolute Gasteiger partial charge is 0.223 e. The van der Waals surface area contributed by atoms with E-state index in [1.807, 2.05) is 12.1 Å². The molecule has 0 saturated heterocycles. The van der Waals surface area contributed by atoms with Gasteiger partial charge in [-0.2, -0.15) is 0 Å². The predicted molar refractivity (Wildman–Crippen MR) is 106 cm³/mol. The van der Waals surface area contributed by atoms with Crippen LogP contribution in [-0.4, -0.2) is 32.0 Å². The van der Waals surface area contributed by atoms with E-state index in [0.717, 1.165) is 60.9 Å². The molecule has 27 heavy (non-hydrogen) atoms. The minimum atomic E-state index is 0.116. The fraction of sp³-hybridized carbons (Fsp3) is 0.500.